The van der Waals surface area contributed by atoms with Crippen LogP contribution in [-0.4, -0.2) is 42.9 Å². The van der Waals surface area contributed by atoms with Gasteiger partial charge in [-0.25, -0.2) is 4.79 Å². The number of ether oxygens (including phenoxy) is 1. The predicted octanol–water partition coefficient (Wildman–Crippen LogP) is 3.43. The summed E-state index contributed by atoms with van der Waals surface area (Å²) in [6.07, 6.45) is -3.86. The zero-order valence-corrected chi connectivity index (χ0v) is 17.3. The molecule has 6 nitrogen and oxygen atoms in total. The fourth-order valence-electron chi connectivity index (χ4n) is 4.25. The minimum atomic E-state index is -4.46. The van der Waals surface area contributed by atoms with Crippen molar-refractivity contribution >= 4 is 23.5 Å². The molecule has 0 spiro atoms. The Labute approximate surface area is 182 Å². The Kier molecular flexibility index (Phi) is 5.66. The van der Waals surface area contributed by atoms with Crippen molar-refractivity contribution in [1.29, 1.82) is 0 Å². The van der Waals surface area contributed by atoms with Crippen LogP contribution in [0.25, 0.3) is 0 Å². The quantitative estimate of drug-likeness (QED) is 0.675. The Hall–Kier alpha value is -3.36. The van der Waals surface area contributed by atoms with Crippen molar-refractivity contribution in [2.45, 2.75) is 25.6 Å². The molecule has 2 aromatic rings. The van der Waals surface area contributed by atoms with Gasteiger partial charge in [0.15, 0.2) is 0 Å². The third-order valence-electron chi connectivity index (χ3n) is 5.85. The van der Waals surface area contributed by atoms with E-state index >= 15 is 0 Å². The number of likely N-dealkylation sites (tertiary alicyclic amines) is 1. The average Bonchev–Trinajstić information content (AvgIpc) is 3.35. The van der Waals surface area contributed by atoms with Crippen molar-refractivity contribution in [3.8, 4) is 0 Å². The second-order valence-corrected chi connectivity index (χ2v) is 7.95. The number of halogens is 3. The van der Waals surface area contributed by atoms with Crippen molar-refractivity contribution in [1.82, 2.24) is 4.90 Å². The van der Waals surface area contributed by atoms with Crippen LogP contribution in [0.15, 0.2) is 42.5 Å². The second-order valence-electron chi connectivity index (χ2n) is 7.95. The number of fused-ring (bicyclic) bond motifs is 1. The number of amides is 2. The summed E-state index contributed by atoms with van der Waals surface area (Å²) in [7, 11) is 1.30. The van der Waals surface area contributed by atoms with Crippen LogP contribution in [0.3, 0.4) is 0 Å². The van der Waals surface area contributed by atoms with Crippen molar-refractivity contribution in [3.05, 3.63) is 64.7 Å². The maximum Gasteiger partial charge on any atom is 0.416 e. The van der Waals surface area contributed by atoms with Gasteiger partial charge in [-0.1, -0.05) is 12.1 Å². The third kappa shape index (κ3) is 4.19. The number of alkyl halides is 3. The molecule has 2 heterocycles. The number of carbonyl (C=O) groups is 3. The SMILES string of the molecule is COC(=O)c1ccc2c(c1)CCN2C(=O)C1CC(=O)N(Cc2cccc(C(F)(F)F)c2)C1. The van der Waals surface area contributed by atoms with E-state index < -0.39 is 23.6 Å². The van der Waals surface area contributed by atoms with E-state index in [2.05, 4.69) is 0 Å². The lowest BCUT2D eigenvalue weighted by atomic mass is 10.1. The average molecular weight is 446 g/mol. The van der Waals surface area contributed by atoms with Crippen LogP contribution in [-0.2, 0) is 33.5 Å². The Morgan fingerprint density at radius 2 is 1.94 bits per heavy atom. The molecular weight excluding hydrogens is 425 g/mol. The molecule has 0 N–H and O–H groups in total. The first-order valence-electron chi connectivity index (χ1n) is 10.1. The third-order valence-corrected chi connectivity index (χ3v) is 5.85. The van der Waals surface area contributed by atoms with Crippen molar-refractivity contribution in [2.24, 2.45) is 5.92 Å². The van der Waals surface area contributed by atoms with E-state index in [4.69, 9.17) is 4.74 Å². The largest absolute Gasteiger partial charge is 0.465 e. The highest BCUT2D eigenvalue weighted by molar-refractivity contribution is 6.01. The number of rotatable bonds is 4. The standard InChI is InChI=1S/C23H21F3N2O4/c1-32-22(31)16-5-6-19-15(10-16)7-8-28(19)21(30)17-11-20(29)27(13-17)12-14-3-2-4-18(9-14)23(24,25)26/h2-6,9-10,17H,7-8,11-13H2,1H3. The van der Waals surface area contributed by atoms with Crippen LogP contribution in [0.4, 0.5) is 18.9 Å². The summed E-state index contributed by atoms with van der Waals surface area (Å²) in [4.78, 5) is 40.4. The number of carbonyl (C=O) groups excluding carboxylic acids is 3. The first kappa shape index (κ1) is 21.9. The molecular formula is C23H21F3N2O4. The van der Waals surface area contributed by atoms with Gasteiger partial charge in [-0.3, -0.25) is 9.59 Å². The van der Waals surface area contributed by atoms with Gasteiger partial charge in [0, 0.05) is 31.7 Å². The number of methoxy groups -OCH3 is 1. The smallest absolute Gasteiger partial charge is 0.416 e. The highest BCUT2D eigenvalue weighted by Crippen LogP contribution is 2.33. The predicted molar refractivity (Wildman–Crippen MR) is 109 cm³/mol. The van der Waals surface area contributed by atoms with Gasteiger partial charge in [0.2, 0.25) is 11.8 Å². The fourth-order valence-corrected chi connectivity index (χ4v) is 4.25. The van der Waals surface area contributed by atoms with Gasteiger partial charge >= 0.3 is 12.1 Å². The van der Waals surface area contributed by atoms with Crippen LogP contribution in [0.2, 0.25) is 0 Å². The van der Waals surface area contributed by atoms with Gasteiger partial charge in [-0.2, -0.15) is 13.2 Å². The molecule has 1 saturated heterocycles. The molecule has 0 saturated carbocycles. The summed E-state index contributed by atoms with van der Waals surface area (Å²) in [5.41, 5.74) is 1.55. The lowest BCUT2D eigenvalue weighted by Gasteiger charge is -2.22. The molecule has 2 aliphatic heterocycles. The van der Waals surface area contributed by atoms with Gasteiger partial charge in [-0.05, 0) is 47.9 Å². The second kappa shape index (κ2) is 8.29. The summed E-state index contributed by atoms with van der Waals surface area (Å²) in [6.45, 7) is 0.614. The molecule has 0 bridgehead atoms. The fraction of sp³-hybridized carbons (Fsp3) is 0.348. The van der Waals surface area contributed by atoms with Crippen molar-refractivity contribution in [3.63, 3.8) is 0 Å². The molecule has 0 aliphatic carbocycles. The zero-order chi connectivity index (χ0) is 23.0. The summed E-state index contributed by atoms with van der Waals surface area (Å²) in [5, 5.41) is 0. The Bertz CT molecular complexity index is 1080. The van der Waals surface area contributed by atoms with Crippen LogP contribution >= 0.6 is 0 Å². The Morgan fingerprint density at radius 3 is 2.66 bits per heavy atom. The number of hydrogen-bond donors (Lipinski definition) is 0. The van der Waals surface area contributed by atoms with E-state index in [-0.39, 0.29) is 31.3 Å². The topological polar surface area (TPSA) is 66.9 Å². The van der Waals surface area contributed by atoms with E-state index in [1.807, 2.05) is 0 Å². The van der Waals surface area contributed by atoms with E-state index in [9.17, 15) is 27.6 Å². The van der Waals surface area contributed by atoms with Gasteiger partial charge in [-0.15, -0.1) is 0 Å². The first-order valence-corrected chi connectivity index (χ1v) is 10.1. The minimum absolute atomic E-state index is 0.0177. The summed E-state index contributed by atoms with van der Waals surface area (Å²) in [6, 6.07) is 9.85. The molecule has 0 aromatic heterocycles. The Morgan fingerprint density at radius 1 is 1.16 bits per heavy atom. The summed E-state index contributed by atoms with van der Waals surface area (Å²) < 4.78 is 43.6. The maximum atomic E-state index is 13.1. The van der Waals surface area contributed by atoms with Crippen LogP contribution in [0.5, 0.6) is 0 Å². The number of anilines is 1. The summed E-state index contributed by atoms with van der Waals surface area (Å²) in [5.74, 6) is -1.49. The van der Waals surface area contributed by atoms with Crippen LogP contribution < -0.4 is 4.90 Å². The van der Waals surface area contributed by atoms with Gasteiger partial charge in [0.05, 0.1) is 24.2 Å². The molecule has 168 valence electrons. The number of nitrogens with zero attached hydrogens (tertiary/aromatic N) is 2. The molecule has 2 amide bonds. The van der Waals surface area contributed by atoms with Crippen molar-refractivity contribution in [2.75, 3.05) is 25.1 Å². The molecule has 1 atom stereocenters. The highest BCUT2D eigenvalue weighted by atomic mass is 19.4. The van der Waals surface area contributed by atoms with Gasteiger partial charge in [0.1, 0.15) is 0 Å². The monoisotopic (exact) mass is 446 g/mol. The molecule has 32 heavy (non-hydrogen) atoms. The molecule has 2 aliphatic rings. The minimum Gasteiger partial charge on any atom is -0.465 e. The first-order chi connectivity index (χ1) is 15.2. The van der Waals surface area contributed by atoms with Gasteiger partial charge < -0.3 is 14.5 Å². The maximum absolute atomic E-state index is 13.1. The van der Waals surface area contributed by atoms with E-state index in [0.29, 0.717) is 29.8 Å². The summed E-state index contributed by atoms with van der Waals surface area (Å²) >= 11 is 0. The highest BCUT2D eigenvalue weighted by Gasteiger charge is 2.39. The number of hydrogen-bond acceptors (Lipinski definition) is 4. The molecule has 4 rings (SSSR count). The zero-order valence-electron chi connectivity index (χ0n) is 17.3. The Balaban J connectivity index is 1.45. The van der Waals surface area contributed by atoms with Gasteiger partial charge in [0.25, 0.3) is 0 Å². The van der Waals surface area contributed by atoms with Crippen LogP contribution in [0.1, 0.15) is 33.5 Å². The lowest BCUT2D eigenvalue weighted by molar-refractivity contribution is -0.137. The van der Waals surface area contributed by atoms with E-state index in [1.54, 1.807) is 23.1 Å². The molecule has 9 heteroatoms. The molecule has 1 unspecified atom stereocenters. The van der Waals surface area contributed by atoms with E-state index in [0.717, 1.165) is 17.7 Å². The molecule has 1 fully saturated rings. The molecule has 0 radical (unpaired) electrons. The molecule has 2 aromatic carbocycles. The number of esters is 1. The van der Waals surface area contributed by atoms with E-state index in [1.165, 1.54) is 24.1 Å². The normalized spacial score (nSPS) is 18.1. The van der Waals surface area contributed by atoms with Crippen molar-refractivity contribution < 1.29 is 32.3 Å². The lowest BCUT2D eigenvalue weighted by Crippen LogP contribution is -2.36. The number of benzene rings is 2. The van der Waals surface area contributed by atoms with Crippen LogP contribution in [0, 0.1) is 5.92 Å².